The van der Waals surface area contributed by atoms with E-state index in [0.29, 0.717) is 18.0 Å². The van der Waals surface area contributed by atoms with Crippen molar-refractivity contribution in [2.45, 2.75) is 31.6 Å². The van der Waals surface area contributed by atoms with E-state index in [4.69, 9.17) is 5.11 Å². The van der Waals surface area contributed by atoms with Crippen molar-refractivity contribution < 1.29 is 18.3 Å². The van der Waals surface area contributed by atoms with Gasteiger partial charge in [-0.05, 0) is 62.5 Å². The number of benzene rings is 1. The lowest BCUT2D eigenvalue weighted by Gasteiger charge is -2.31. The molecular weight excluding hydrogens is 316 g/mol. The van der Waals surface area contributed by atoms with E-state index in [1.807, 2.05) is 0 Å². The molecule has 0 aliphatic carbocycles. The van der Waals surface area contributed by atoms with Gasteiger partial charge in [0.05, 0.1) is 10.5 Å². The standard InChI is InChI=1S/C16H24N2O4S/c1-3-18-8-4-5-13(11-18)10-17-23(21,22)14-6-7-15(16(19)20)12(2)9-14/h6-7,9,13,17H,3-5,8,10-11H2,1-2H3,(H,19,20). The van der Waals surface area contributed by atoms with E-state index in [1.165, 1.54) is 18.2 Å². The summed E-state index contributed by atoms with van der Waals surface area (Å²) in [4.78, 5) is 13.4. The lowest BCUT2D eigenvalue weighted by Crippen LogP contribution is -2.40. The summed E-state index contributed by atoms with van der Waals surface area (Å²) in [5, 5.41) is 9.01. The molecule has 23 heavy (non-hydrogen) atoms. The van der Waals surface area contributed by atoms with Crippen molar-refractivity contribution in [3.8, 4) is 0 Å². The number of carboxylic acids is 1. The Morgan fingerprint density at radius 3 is 2.78 bits per heavy atom. The molecule has 6 nitrogen and oxygen atoms in total. The van der Waals surface area contributed by atoms with Crippen molar-refractivity contribution in [1.29, 1.82) is 0 Å². The van der Waals surface area contributed by atoms with E-state index >= 15 is 0 Å². The van der Waals surface area contributed by atoms with Crippen molar-refractivity contribution in [2.24, 2.45) is 5.92 Å². The van der Waals surface area contributed by atoms with Crippen LogP contribution in [0.15, 0.2) is 23.1 Å². The van der Waals surface area contributed by atoms with Crippen LogP contribution >= 0.6 is 0 Å². The highest BCUT2D eigenvalue weighted by atomic mass is 32.2. The normalized spacial score (nSPS) is 19.7. The largest absolute Gasteiger partial charge is 0.478 e. The summed E-state index contributed by atoms with van der Waals surface area (Å²) >= 11 is 0. The van der Waals surface area contributed by atoms with Crippen LogP contribution in [0.4, 0.5) is 0 Å². The van der Waals surface area contributed by atoms with Gasteiger partial charge in [-0.15, -0.1) is 0 Å². The van der Waals surface area contributed by atoms with E-state index in [9.17, 15) is 13.2 Å². The summed E-state index contributed by atoms with van der Waals surface area (Å²) in [5.41, 5.74) is 0.560. The molecule has 0 bridgehead atoms. The smallest absolute Gasteiger partial charge is 0.335 e. The van der Waals surface area contributed by atoms with Gasteiger partial charge in [0.25, 0.3) is 0 Å². The second-order valence-corrected chi connectivity index (χ2v) is 7.80. The van der Waals surface area contributed by atoms with Crippen LogP contribution in [0.3, 0.4) is 0 Å². The predicted octanol–water partition coefficient (Wildman–Crippen LogP) is 1.70. The molecule has 1 aliphatic rings. The number of rotatable bonds is 6. The van der Waals surface area contributed by atoms with Gasteiger partial charge in [-0.25, -0.2) is 17.9 Å². The number of nitrogens with zero attached hydrogens (tertiary/aromatic N) is 1. The predicted molar refractivity (Wildman–Crippen MR) is 88.2 cm³/mol. The molecule has 0 aromatic heterocycles. The summed E-state index contributed by atoms with van der Waals surface area (Å²) in [6, 6.07) is 4.09. The maximum atomic E-state index is 12.4. The number of hydrogen-bond donors (Lipinski definition) is 2. The van der Waals surface area contributed by atoms with E-state index in [1.54, 1.807) is 6.92 Å². The van der Waals surface area contributed by atoms with Crippen LogP contribution < -0.4 is 4.72 Å². The van der Waals surface area contributed by atoms with Gasteiger partial charge in [0.2, 0.25) is 10.0 Å². The zero-order chi connectivity index (χ0) is 17.0. The number of sulfonamides is 1. The van der Waals surface area contributed by atoms with Gasteiger partial charge >= 0.3 is 5.97 Å². The zero-order valence-electron chi connectivity index (χ0n) is 13.6. The number of piperidine rings is 1. The molecule has 1 atom stereocenters. The molecule has 1 heterocycles. The highest BCUT2D eigenvalue weighted by molar-refractivity contribution is 7.89. The maximum absolute atomic E-state index is 12.4. The third-order valence-electron chi connectivity index (χ3n) is 4.35. The summed E-state index contributed by atoms with van der Waals surface area (Å²) in [5.74, 6) is -0.737. The Kier molecular flexibility index (Phi) is 5.78. The minimum Gasteiger partial charge on any atom is -0.478 e. The SMILES string of the molecule is CCN1CCCC(CNS(=O)(=O)c2ccc(C(=O)O)c(C)c2)C1. The van der Waals surface area contributed by atoms with Gasteiger partial charge in [0, 0.05) is 13.1 Å². The van der Waals surface area contributed by atoms with Crippen molar-refractivity contribution in [2.75, 3.05) is 26.2 Å². The Hall–Kier alpha value is -1.44. The lowest BCUT2D eigenvalue weighted by atomic mass is 9.98. The minimum absolute atomic E-state index is 0.114. The number of carboxylic acid groups (broad SMARTS) is 1. The summed E-state index contributed by atoms with van der Waals surface area (Å²) < 4.78 is 27.4. The molecule has 2 rings (SSSR count). The quantitative estimate of drug-likeness (QED) is 0.823. The maximum Gasteiger partial charge on any atom is 0.335 e. The number of aromatic carboxylic acids is 1. The molecule has 2 N–H and O–H groups in total. The van der Waals surface area contributed by atoms with Crippen LogP contribution in [0, 0.1) is 12.8 Å². The van der Waals surface area contributed by atoms with Crippen LogP contribution in [0.2, 0.25) is 0 Å². The molecule has 1 unspecified atom stereocenters. The van der Waals surface area contributed by atoms with Gasteiger partial charge in [-0.3, -0.25) is 0 Å². The molecule has 1 aromatic rings. The number of nitrogens with one attached hydrogen (secondary N) is 1. The monoisotopic (exact) mass is 340 g/mol. The number of aryl methyl sites for hydroxylation is 1. The molecular formula is C16H24N2O4S. The van der Waals surface area contributed by atoms with E-state index < -0.39 is 16.0 Å². The Balaban J connectivity index is 2.04. The van der Waals surface area contributed by atoms with Crippen molar-refractivity contribution in [3.05, 3.63) is 29.3 Å². The Bertz CT molecular complexity index is 673. The second kappa shape index (κ2) is 7.42. The van der Waals surface area contributed by atoms with Crippen LogP contribution in [-0.2, 0) is 10.0 Å². The average Bonchev–Trinajstić information content (AvgIpc) is 2.52. The highest BCUT2D eigenvalue weighted by Crippen LogP contribution is 2.18. The fourth-order valence-electron chi connectivity index (χ4n) is 2.96. The van der Waals surface area contributed by atoms with Crippen molar-refractivity contribution in [1.82, 2.24) is 9.62 Å². The molecule has 7 heteroatoms. The third-order valence-corrected chi connectivity index (χ3v) is 5.77. The molecule has 128 valence electrons. The first-order valence-electron chi connectivity index (χ1n) is 7.89. The Morgan fingerprint density at radius 1 is 1.43 bits per heavy atom. The topological polar surface area (TPSA) is 86.7 Å². The second-order valence-electron chi connectivity index (χ2n) is 6.04. The third kappa shape index (κ3) is 4.53. The number of hydrogen-bond acceptors (Lipinski definition) is 4. The first kappa shape index (κ1) is 17.9. The first-order valence-corrected chi connectivity index (χ1v) is 9.37. The number of likely N-dealkylation sites (tertiary alicyclic amines) is 1. The van der Waals surface area contributed by atoms with Gasteiger partial charge in [-0.1, -0.05) is 6.92 Å². The van der Waals surface area contributed by atoms with Crippen LogP contribution in [0.1, 0.15) is 35.7 Å². The molecule has 0 amide bonds. The summed E-state index contributed by atoms with van der Waals surface area (Å²) in [7, 11) is -3.61. The molecule has 1 aromatic carbocycles. The van der Waals surface area contributed by atoms with E-state index in [0.717, 1.165) is 32.5 Å². The molecule has 0 spiro atoms. The fourth-order valence-corrected chi connectivity index (χ4v) is 4.16. The minimum atomic E-state index is -3.61. The van der Waals surface area contributed by atoms with Crippen molar-refractivity contribution >= 4 is 16.0 Å². The fraction of sp³-hybridized carbons (Fsp3) is 0.562. The summed E-state index contributed by atoms with van der Waals surface area (Å²) in [6.07, 6.45) is 2.11. The molecule has 1 aliphatic heterocycles. The molecule has 1 saturated heterocycles. The van der Waals surface area contributed by atoms with Gasteiger partial charge < -0.3 is 10.0 Å². The highest BCUT2D eigenvalue weighted by Gasteiger charge is 2.22. The van der Waals surface area contributed by atoms with E-state index in [-0.39, 0.29) is 10.5 Å². The zero-order valence-corrected chi connectivity index (χ0v) is 14.4. The molecule has 1 fully saturated rings. The van der Waals surface area contributed by atoms with Gasteiger partial charge in [0.15, 0.2) is 0 Å². The van der Waals surface area contributed by atoms with Gasteiger partial charge in [-0.2, -0.15) is 0 Å². The molecule has 0 saturated carbocycles. The average molecular weight is 340 g/mol. The first-order chi connectivity index (χ1) is 10.8. The van der Waals surface area contributed by atoms with Crippen LogP contribution in [0.25, 0.3) is 0 Å². The lowest BCUT2D eigenvalue weighted by molar-refractivity contribution is 0.0696. The Morgan fingerprint density at radius 2 is 2.17 bits per heavy atom. The summed E-state index contributed by atoms with van der Waals surface area (Å²) in [6.45, 7) is 7.10. The molecule has 0 radical (unpaired) electrons. The van der Waals surface area contributed by atoms with Crippen molar-refractivity contribution in [3.63, 3.8) is 0 Å². The Labute approximate surface area is 137 Å². The van der Waals surface area contributed by atoms with E-state index in [2.05, 4.69) is 16.5 Å². The van der Waals surface area contributed by atoms with Crippen LogP contribution in [-0.4, -0.2) is 50.6 Å². The van der Waals surface area contributed by atoms with Gasteiger partial charge in [0.1, 0.15) is 0 Å². The number of carbonyl (C=O) groups is 1. The van der Waals surface area contributed by atoms with Crippen LogP contribution in [0.5, 0.6) is 0 Å².